The first-order chi connectivity index (χ1) is 8.06. The molecular weight excluding hydrogens is 309 g/mol. The van der Waals surface area contributed by atoms with Crippen molar-refractivity contribution in [3.63, 3.8) is 0 Å². The molecule has 88 valence electrons. The highest BCUT2D eigenvalue weighted by molar-refractivity contribution is 9.10. The van der Waals surface area contributed by atoms with Crippen LogP contribution in [0, 0.1) is 10.1 Å². The van der Waals surface area contributed by atoms with Crippen LogP contribution < -0.4 is 0 Å². The smallest absolute Gasteiger partial charge is 0.358 e. The van der Waals surface area contributed by atoms with Gasteiger partial charge in [-0.25, -0.2) is 0 Å². The highest BCUT2D eigenvalue weighted by Gasteiger charge is 2.18. The molecule has 0 atom stereocenters. The minimum atomic E-state index is -0.529. The molecule has 0 spiro atoms. The molecule has 0 aliphatic carbocycles. The number of benzene rings is 1. The van der Waals surface area contributed by atoms with Crippen LogP contribution in [0.2, 0.25) is 5.02 Å². The lowest BCUT2D eigenvalue weighted by Crippen LogP contribution is -2.01. The highest BCUT2D eigenvalue weighted by atomic mass is 79.9. The molecule has 2 aromatic rings. The standard InChI is InChI=1S/C10H7BrClN3O2/c11-9-6-14(13-10(9)15(16)17)5-7-2-1-3-8(12)4-7/h1-4,6H,5H2. The van der Waals surface area contributed by atoms with Gasteiger partial charge in [0.15, 0.2) is 0 Å². The highest BCUT2D eigenvalue weighted by Crippen LogP contribution is 2.22. The third kappa shape index (κ3) is 2.83. The molecule has 0 N–H and O–H groups in total. The van der Waals surface area contributed by atoms with Gasteiger partial charge < -0.3 is 10.1 Å². The van der Waals surface area contributed by atoms with Crippen LogP contribution in [-0.4, -0.2) is 14.7 Å². The van der Waals surface area contributed by atoms with Crippen molar-refractivity contribution in [2.24, 2.45) is 0 Å². The lowest BCUT2D eigenvalue weighted by Gasteiger charge is -1.98. The van der Waals surface area contributed by atoms with Gasteiger partial charge in [-0.3, -0.25) is 0 Å². The summed E-state index contributed by atoms with van der Waals surface area (Å²) < 4.78 is 1.86. The van der Waals surface area contributed by atoms with Crippen molar-refractivity contribution in [2.45, 2.75) is 6.54 Å². The fourth-order valence-corrected chi connectivity index (χ4v) is 2.09. The summed E-state index contributed by atoms with van der Waals surface area (Å²) in [7, 11) is 0. The first-order valence-electron chi connectivity index (χ1n) is 4.68. The van der Waals surface area contributed by atoms with Gasteiger partial charge in [0.25, 0.3) is 0 Å². The van der Waals surface area contributed by atoms with Crippen LogP contribution >= 0.6 is 27.5 Å². The molecule has 0 aliphatic heterocycles. The number of hydrogen-bond acceptors (Lipinski definition) is 3. The summed E-state index contributed by atoms with van der Waals surface area (Å²) in [5, 5.41) is 15.1. The second-order valence-corrected chi connectivity index (χ2v) is 4.68. The molecular formula is C10H7BrClN3O2. The van der Waals surface area contributed by atoms with Crippen molar-refractivity contribution < 1.29 is 4.92 Å². The van der Waals surface area contributed by atoms with E-state index in [9.17, 15) is 10.1 Å². The minimum absolute atomic E-state index is 0.188. The van der Waals surface area contributed by atoms with Gasteiger partial charge in [0.2, 0.25) is 0 Å². The number of nitro groups is 1. The van der Waals surface area contributed by atoms with Crippen molar-refractivity contribution in [1.82, 2.24) is 9.78 Å². The lowest BCUT2D eigenvalue weighted by atomic mass is 10.2. The van der Waals surface area contributed by atoms with E-state index in [1.54, 1.807) is 18.3 Å². The molecule has 0 saturated heterocycles. The summed E-state index contributed by atoms with van der Waals surface area (Å²) in [6.45, 7) is 0.437. The Hall–Kier alpha value is -1.40. The molecule has 0 fully saturated rings. The van der Waals surface area contributed by atoms with E-state index in [4.69, 9.17) is 11.6 Å². The van der Waals surface area contributed by atoms with Crippen molar-refractivity contribution in [3.05, 3.63) is 55.6 Å². The first-order valence-corrected chi connectivity index (χ1v) is 5.85. The van der Waals surface area contributed by atoms with Gasteiger partial charge in [-0.05, 0) is 38.5 Å². The van der Waals surface area contributed by atoms with E-state index < -0.39 is 4.92 Å². The number of halogens is 2. The van der Waals surface area contributed by atoms with E-state index >= 15 is 0 Å². The predicted octanol–water partition coefficient (Wildman–Crippen LogP) is 3.26. The van der Waals surface area contributed by atoms with E-state index in [1.165, 1.54) is 4.68 Å². The fourth-order valence-electron chi connectivity index (χ4n) is 1.41. The monoisotopic (exact) mass is 315 g/mol. The Morgan fingerprint density at radius 2 is 2.29 bits per heavy atom. The third-order valence-electron chi connectivity index (χ3n) is 2.11. The number of aromatic nitrogens is 2. The largest absolute Gasteiger partial charge is 0.404 e. The first kappa shape index (κ1) is 12.1. The summed E-state index contributed by atoms with van der Waals surface area (Å²) in [6, 6.07) is 7.27. The average molecular weight is 317 g/mol. The van der Waals surface area contributed by atoms with Gasteiger partial charge in [-0.2, -0.15) is 4.68 Å². The minimum Gasteiger partial charge on any atom is -0.358 e. The zero-order valence-electron chi connectivity index (χ0n) is 8.51. The Bertz CT molecular complexity index is 570. The maximum absolute atomic E-state index is 10.6. The Labute approximate surface area is 110 Å². The summed E-state index contributed by atoms with van der Waals surface area (Å²) in [5.74, 6) is -0.188. The van der Waals surface area contributed by atoms with Crippen molar-refractivity contribution >= 4 is 33.3 Å². The normalized spacial score (nSPS) is 10.5. The summed E-state index contributed by atoms with van der Waals surface area (Å²) in [6.07, 6.45) is 1.57. The van der Waals surface area contributed by atoms with Gasteiger partial charge in [0, 0.05) is 5.02 Å². The average Bonchev–Trinajstić information content (AvgIpc) is 2.59. The van der Waals surface area contributed by atoms with Gasteiger partial charge >= 0.3 is 5.82 Å². The second kappa shape index (κ2) is 4.85. The van der Waals surface area contributed by atoms with Crippen LogP contribution in [0.25, 0.3) is 0 Å². The fraction of sp³-hybridized carbons (Fsp3) is 0.100. The molecule has 17 heavy (non-hydrogen) atoms. The predicted molar refractivity (Wildman–Crippen MR) is 67.1 cm³/mol. The van der Waals surface area contributed by atoms with E-state index in [0.717, 1.165) is 5.56 Å². The summed E-state index contributed by atoms with van der Waals surface area (Å²) >= 11 is 8.95. The molecule has 0 bridgehead atoms. The van der Waals surface area contributed by atoms with E-state index in [2.05, 4.69) is 21.0 Å². The van der Waals surface area contributed by atoms with E-state index in [0.29, 0.717) is 16.0 Å². The molecule has 0 aliphatic rings. The van der Waals surface area contributed by atoms with E-state index in [1.807, 2.05) is 12.1 Å². The van der Waals surface area contributed by atoms with E-state index in [-0.39, 0.29) is 5.82 Å². The van der Waals surface area contributed by atoms with Crippen molar-refractivity contribution in [3.8, 4) is 0 Å². The number of nitrogens with zero attached hydrogens (tertiary/aromatic N) is 3. The molecule has 1 aromatic heterocycles. The van der Waals surface area contributed by atoms with Crippen LogP contribution in [0.15, 0.2) is 34.9 Å². The Balaban J connectivity index is 2.25. The zero-order valence-corrected chi connectivity index (χ0v) is 10.8. The van der Waals surface area contributed by atoms with Crippen LogP contribution in [0.4, 0.5) is 5.82 Å². The van der Waals surface area contributed by atoms with Crippen LogP contribution in [0.3, 0.4) is 0 Å². The summed E-state index contributed by atoms with van der Waals surface area (Å²) in [4.78, 5) is 10.1. The molecule has 1 heterocycles. The van der Waals surface area contributed by atoms with Gasteiger partial charge in [0.05, 0.1) is 17.8 Å². The lowest BCUT2D eigenvalue weighted by molar-refractivity contribution is -0.390. The van der Waals surface area contributed by atoms with Crippen molar-refractivity contribution in [1.29, 1.82) is 0 Å². The Kier molecular flexibility index (Phi) is 3.44. The van der Waals surface area contributed by atoms with Crippen molar-refractivity contribution in [2.75, 3.05) is 0 Å². The molecule has 5 nitrogen and oxygen atoms in total. The molecule has 0 unspecified atom stereocenters. The zero-order chi connectivity index (χ0) is 12.4. The number of rotatable bonds is 3. The van der Waals surface area contributed by atoms with Gasteiger partial charge in [-0.15, -0.1) is 0 Å². The topological polar surface area (TPSA) is 61.0 Å². The van der Waals surface area contributed by atoms with Crippen LogP contribution in [0.1, 0.15) is 5.56 Å². The summed E-state index contributed by atoms with van der Waals surface area (Å²) in [5.41, 5.74) is 0.933. The molecule has 0 radical (unpaired) electrons. The molecule has 2 rings (SSSR count). The maximum atomic E-state index is 10.6. The molecule has 7 heteroatoms. The second-order valence-electron chi connectivity index (χ2n) is 3.39. The SMILES string of the molecule is O=[N+]([O-])c1nn(Cc2cccc(Cl)c2)cc1Br. The maximum Gasteiger partial charge on any atom is 0.404 e. The number of hydrogen-bond donors (Lipinski definition) is 0. The van der Waals surface area contributed by atoms with Crippen LogP contribution in [0.5, 0.6) is 0 Å². The van der Waals surface area contributed by atoms with Gasteiger partial charge in [-0.1, -0.05) is 23.7 Å². The molecule has 0 saturated carbocycles. The Morgan fingerprint density at radius 3 is 2.88 bits per heavy atom. The molecule has 0 amide bonds. The third-order valence-corrected chi connectivity index (χ3v) is 2.90. The molecule has 1 aromatic carbocycles. The quantitative estimate of drug-likeness (QED) is 0.645. The van der Waals surface area contributed by atoms with Crippen LogP contribution in [-0.2, 0) is 6.54 Å². The Morgan fingerprint density at radius 1 is 1.53 bits per heavy atom. The van der Waals surface area contributed by atoms with Gasteiger partial charge in [0.1, 0.15) is 4.47 Å².